The summed E-state index contributed by atoms with van der Waals surface area (Å²) < 4.78 is 1.57. The fraction of sp³-hybridized carbons (Fsp3) is 0.308. The van der Waals surface area contributed by atoms with E-state index in [1.165, 1.54) is 17.4 Å². The number of hydrogen-bond acceptors (Lipinski definition) is 4. The highest BCUT2D eigenvalue weighted by atomic mass is 16.4. The third-order valence-corrected chi connectivity index (χ3v) is 3.34. The smallest absolute Gasteiger partial charge is 0.358 e. The number of nitrogens with zero attached hydrogens (tertiary/aromatic N) is 4. The van der Waals surface area contributed by atoms with Crippen LogP contribution in [0, 0.1) is 0 Å². The Morgan fingerprint density at radius 2 is 2.16 bits per heavy atom. The first-order valence-corrected chi connectivity index (χ1v) is 6.20. The van der Waals surface area contributed by atoms with E-state index in [2.05, 4.69) is 33.4 Å². The van der Waals surface area contributed by atoms with E-state index in [1.54, 1.807) is 4.68 Å². The van der Waals surface area contributed by atoms with Gasteiger partial charge in [0.1, 0.15) is 0 Å². The molecule has 2 aromatic rings. The van der Waals surface area contributed by atoms with E-state index in [0.29, 0.717) is 6.54 Å². The van der Waals surface area contributed by atoms with Gasteiger partial charge in [-0.05, 0) is 18.1 Å². The quantitative estimate of drug-likeness (QED) is 0.887. The molecule has 2 heterocycles. The summed E-state index contributed by atoms with van der Waals surface area (Å²) in [7, 11) is 0. The Kier molecular flexibility index (Phi) is 2.91. The molecule has 0 fully saturated rings. The number of para-hydroxylation sites is 1. The first-order valence-electron chi connectivity index (χ1n) is 6.20. The maximum absolute atomic E-state index is 10.7. The number of carbonyl (C=O) groups is 1. The van der Waals surface area contributed by atoms with Crippen LogP contribution in [0.4, 0.5) is 5.69 Å². The molecule has 0 saturated heterocycles. The summed E-state index contributed by atoms with van der Waals surface area (Å²) in [5, 5.41) is 16.2. The summed E-state index contributed by atoms with van der Waals surface area (Å²) in [6.45, 7) is 2.44. The average Bonchev–Trinajstić information content (AvgIpc) is 3.03. The SMILES string of the molecule is O=C(O)c1cn(CCN2CCc3ccccc32)nn1. The molecule has 0 radical (unpaired) electrons. The molecule has 0 atom stereocenters. The highest BCUT2D eigenvalue weighted by Crippen LogP contribution is 2.26. The zero-order valence-electron chi connectivity index (χ0n) is 10.4. The van der Waals surface area contributed by atoms with E-state index >= 15 is 0 Å². The number of hydrogen-bond donors (Lipinski definition) is 1. The molecule has 19 heavy (non-hydrogen) atoms. The van der Waals surface area contributed by atoms with Gasteiger partial charge < -0.3 is 10.0 Å². The van der Waals surface area contributed by atoms with Crippen LogP contribution in [0.1, 0.15) is 16.1 Å². The van der Waals surface area contributed by atoms with Crippen molar-refractivity contribution in [3.05, 3.63) is 41.7 Å². The molecule has 1 aliphatic rings. The summed E-state index contributed by atoms with van der Waals surface area (Å²) in [5.74, 6) is -1.04. The highest BCUT2D eigenvalue weighted by Gasteiger charge is 2.18. The second-order valence-electron chi connectivity index (χ2n) is 4.54. The van der Waals surface area contributed by atoms with Gasteiger partial charge in [-0.15, -0.1) is 5.10 Å². The van der Waals surface area contributed by atoms with Crippen LogP contribution in [-0.2, 0) is 13.0 Å². The van der Waals surface area contributed by atoms with Crippen LogP contribution in [0.3, 0.4) is 0 Å². The molecule has 1 aromatic heterocycles. The first kappa shape index (κ1) is 11.7. The van der Waals surface area contributed by atoms with E-state index in [9.17, 15) is 4.79 Å². The minimum Gasteiger partial charge on any atom is -0.476 e. The van der Waals surface area contributed by atoms with E-state index < -0.39 is 5.97 Å². The number of benzene rings is 1. The Morgan fingerprint density at radius 3 is 2.95 bits per heavy atom. The number of fused-ring (bicyclic) bond motifs is 1. The second kappa shape index (κ2) is 4.72. The number of aromatic nitrogens is 3. The van der Waals surface area contributed by atoms with Gasteiger partial charge in [-0.1, -0.05) is 23.4 Å². The lowest BCUT2D eigenvalue weighted by Crippen LogP contribution is -2.25. The zero-order valence-corrected chi connectivity index (χ0v) is 10.4. The lowest BCUT2D eigenvalue weighted by molar-refractivity contribution is 0.0690. The molecule has 1 aliphatic heterocycles. The summed E-state index contributed by atoms with van der Waals surface area (Å²) >= 11 is 0. The minimum absolute atomic E-state index is 0.0122. The van der Waals surface area contributed by atoms with Crippen molar-refractivity contribution in [2.75, 3.05) is 18.0 Å². The van der Waals surface area contributed by atoms with Gasteiger partial charge in [-0.2, -0.15) is 0 Å². The molecule has 98 valence electrons. The number of rotatable bonds is 4. The Balaban J connectivity index is 1.65. The third kappa shape index (κ3) is 2.29. The van der Waals surface area contributed by atoms with Crippen molar-refractivity contribution < 1.29 is 9.90 Å². The highest BCUT2D eigenvalue weighted by molar-refractivity contribution is 5.84. The molecule has 0 bridgehead atoms. The number of carboxylic acids is 1. The zero-order chi connectivity index (χ0) is 13.2. The minimum atomic E-state index is -1.04. The van der Waals surface area contributed by atoms with Crippen LogP contribution in [0.25, 0.3) is 0 Å². The maximum atomic E-state index is 10.7. The largest absolute Gasteiger partial charge is 0.476 e. The Bertz CT molecular complexity index is 608. The van der Waals surface area contributed by atoms with Gasteiger partial charge in [0.05, 0.1) is 12.7 Å². The van der Waals surface area contributed by atoms with Gasteiger partial charge in [0.15, 0.2) is 5.69 Å². The Hall–Kier alpha value is -2.37. The lowest BCUT2D eigenvalue weighted by atomic mass is 10.2. The van der Waals surface area contributed by atoms with Crippen LogP contribution in [0.5, 0.6) is 0 Å². The molecule has 3 rings (SSSR count). The summed E-state index contributed by atoms with van der Waals surface area (Å²) in [6.07, 6.45) is 2.53. The van der Waals surface area contributed by atoms with Gasteiger partial charge in [0.25, 0.3) is 0 Å². The van der Waals surface area contributed by atoms with Crippen molar-refractivity contribution in [3.63, 3.8) is 0 Å². The molecule has 0 aliphatic carbocycles. The van der Waals surface area contributed by atoms with E-state index in [4.69, 9.17) is 5.11 Å². The summed E-state index contributed by atoms with van der Waals surface area (Å²) in [6, 6.07) is 8.35. The fourth-order valence-corrected chi connectivity index (χ4v) is 2.37. The van der Waals surface area contributed by atoms with Crippen molar-refractivity contribution in [1.29, 1.82) is 0 Å². The van der Waals surface area contributed by atoms with Crippen LogP contribution in [0.2, 0.25) is 0 Å². The van der Waals surface area contributed by atoms with Gasteiger partial charge in [-0.3, -0.25) is 0 Å². The van der Waals surface area contributed by atoms with Crippen LogP contribution >= 0.6 is 0 Å². The number of aromatic carboxylic acids is 1. The molecule has 1 aromatic carbocycles. The predicted molar refractivity (Wildman–Crippen MR) is 69.3 cm³/mol. The number of carboxylic acid groups (broad SMARTS) is 1. The van der Waals surface area contributed by atoms with Gasteiger partial charge in [-0.25, -0.2) is 9.48 Å². The van der Waals surface area contributed by atoms with Crippen LogP contribution < -0.4 is 4.90 Å². The third-order valence-electron chi connectivity index (χ3n) is 3.34. The van der Waals surface area contributed by atoms with E-state index in [0.717, 1.165) is 19.5 Å². The Labute approximate surface area is 110 Å². The van der Waals surface area contributed by atoms with Crippen molar-refractivity contribution in [2.45, 2.75) is 13.0 Å². The van der Waals surface area contributed by atoms with E-state index in [-0.39, 0.29) is 5.69 Å². The van der Waals surface area contributed by atoms with Crippen molar-refractivity contribution in [3.8, 4) is 0 Å². The molecular weight excluding hydrogens is 244 g/mol. The second-order valence-corrected chi connectivity index (χ2v) is 4.54. The predicted octanol–water partition coefficient (Wildman–Crippen LogP) is 1.04. The molecule has 0 unspecified atom stereocenters. The molecule has 0 saturated carbocycles. The lowest BCUT2D eigenvalue weighted by Gasteiger charge is -2.18. The van der Waals surface area contributed by atoms with Crippen molar-refractivity contribution in [2.24, 2.45) is 0 Å². The maximum Gasteiger partial charge on any atom is 0.358 e. The van der Waals surface area contributed by atoms with Crippen molar-refractivity contribution >= 4 is 11.7 Å². The molecule has 1 N–H and O–H groups in total. The summed E-state index contributed by atoms with van der Waals surface area (Å²) in [4.78, 5) is 13.0. The molecule has 6 heteroatoms. The molecule has 0 spiro atoms. The Morgan fingerprint density at radius 1 is 1.32 bits per heavy atom. The fourth-order valence-electron chi connectivity index (χ4n) is 2.37. The standard InChI is InChI=1S/C13H14N4O2/c18-13(19)11-9-17(15-14-11)8-7-16-6-5-10-3-1-2-4-12(10)16/h1-4,9H,5-8H2,(H,18,19). The molecule has 6 nitrogen and oxygen atoms in total. The van der Waals surface area contributed by atoms with Gasteiger partial charge in [0, 0.05) is 18.8 Å². The summed E-state index contributed by atoms with van der Waals surface area (Å²) in [5.41, 5.74) is 2.62. The topological polar surface area (TPSA) is 71.2 Å². The van der Waals surface area contributed by atoms with Gasteiger partial charge >= 0.3 is 5.97 Å². The van der Waals surface area contributed by atoms with Crippen molar-refractivity contribution in [1.82, 2.24) is 15.0 Å². The van der Waals surface area contributed by atoms with E-state index in [1.807, 2.05) is 6.07 Å². The molecule has 0 amide bonds. The van der Waals surface area contributed by atoms with Crippen LogP contribution in [-0.4, -0.2) is 39.2 Å². The average molecular weight is 258 g/mol. The molecular formula is C13H14N4O2. The monoisotopic (exact) mass is 258 g/mol. The van der Waals surface area contributed by atoms with Crippen LogP contribution in [0.15, 0.2) is 30.5 Å². The van der Waals surface area contributed by atoms with Gasteiger partial charge in [0.2, 0.25) is 0 Å². The first-order chi connectivity index (χ1) is 9.24. The normalized spacial score (nSPS) is 13.6. The number of anilines is 1.